The molecule has 2 rings (SSSR count). The van der Waals surface area contributed by atoms with Crippen LogP contribution in [0.4, 0.5) is 4.79 Å². The number of hydrogen-bond donors (Lipinski definition) is 2. The third-order valence-electron chi connectivity index (χ3n) is 3.87. The van der Waals surface area contributed by atoms with Crippen LogP contribution < -0.4 is 11.1 Å². The predicted molar refractivity (Wildman–Crippen MR) is 90.0 cm³/mol. The van der Waals surface area contributed by atoms with Crippen molar-refractivity contribution < 1.29 is 14.4 Å². The van der Waals surface area contributed by atoms with Gasteiger partial charge < -0.3 is 15.5 Å². The predicted octanol–water partition coefficient (Wildman–Crippen LogP) is 0.869. The molecule has 24 heavy (non-hydrogen) atoms. The Morgan fingerprint density at radius 3 is 2.58 bits per heavy atom. The number of carbonyl (C=O) groups is 3. The topological polar surface area (TPSA) is 95.7 Å². The monoisotopic (exact) mass is 352 g/mol. The van der Waals surface area contributed by atoms with E-state index in [1.54, 1.807) is 0 Å². The van der Waals surface area contributed by atoms with E-state index in [1.165, 1.54) is 9.80 Å². The van der Waals surface area contributed by atoms with Gasteiger partial charge in [-0.3, -0.25) is 14.9 Å². The van der Waals surface area contributed by atoms with Crippen LogP contribution in [-0.4, -0.2) is 52.3 Å². The number of alkyl halides is 1. The molecular weight excluding hydrogens is 332 g/mol. The first-order valence-corrected chi connectivity index (χ1v) is 8.29. The highest BCUT2D eigenvalue weighted by Gasteiger charge is 2.43. The summed E-state index contributed by atoms with van der Waals surface area (Å²) in [4.78, 5) is 39.2. The average molecular weight is 353 g/mol. The molecule has 0 saturated carbocycles. The van der Waals surface area contributed by atoms with Crippen molar-refractivity contribution in [2.24, 2.45) is 5.73 Å². The molecule has 4 amide bonds. The molecule has 1 saturated heterocycles. The van der Waals surface area contributed by atoms with E-state index < -0.39 is 24.1 Å². The largest absolute Gasteiger partial charge is 0.326 e. The molecule has 2 unspecified atom stereocenters. The lowest BCUT2D eigenvalue weighted by atomic mass is 10.1. The van der Waals surface area contributed by atoms with Gasteiger partial charge in [0.15, 0.2) is 0 Å². The highest BCUT2D eigenvalue weighted by atomic mass is 35.5. The highest BCUT2D eigenvalue weighted by Crippen LogP contribution is 2.17. The lowest BCUT2D eigenvalue weighted by Crippen LogP contribution is -2.71. The zero-order valence-electron chi connectivity index (χ0n) is 13.4. The third-order valence-corrected chi connectivity index (χ3v) is 4.10. The quantitative estimate of drug-likeness (QED) is 0.742. The summed E-state index contributed by atoms with van der Waals surface area (Å²) >= 11 is 5.65. The normalized spacial score (nSPS) is 20.7. The molecule has 2 atom stereocenters. The van der Waals surface area contributed by atoms with Crippen LogP contribution in [0, 0.1) is 0 Å². The summed E-state index contributed by atoms with van der Waals surface area (Å²) < 4.78 is 0. The maximum atomic E-state index is 12.3. The number of nitrogens with one attached hydrogen (secondary N) is 1. The molecule has 1 fully saturated rings. The summed E-state index contributed by atoms with van der Waals surface area (Å²) in [6.45, 7) is 2.46. The first-order chi connectivity index (χ1) is 11.5. The number of carbonyl (C=O) groups excluding carboxylic acids is 3. The Labute approximate surface area is 145 Å². The Bertz CT molecular complexity index is 611. The molecule has 0 aliphatic carbocycles. The lowest BCUT2D eigenvalue weighted by molar-refractivity contribution is -0.142. The lowest BCUT2D eigenvalue weighted by Gasteiger charge is -2.42. The minimum Gasteiger partial charge on any atom is -0.326 e. The molecule has 0 aromatic heterocycles. The number of rotatable bonds is 6. The van der Waals surface area contributed by atoms with E-state index in [0.29, 0.717) is 13.0 Å². The summed E-state index contributed by atoms with van der Waals surface area (Å²) in [7, 11) is 0. The van der Waals surface area contributed by atoms with Crippen molar-refractivity contribution >= 4 is 29.4 Å². The van der Waals surface area contributed by atoms with E-state index in [2.05, 4.69) is 5.32 Å². The van der Waals surface area contributed by atoms with Crippen molar-refractivity contribution in [2.45, 2.75) is 32.1 Å². The zero-order valence-corrected chi connectivity index (χ0v) is 14.2. The van der Waals surface area contributed by atoms with Crippen LogP contribution in [0.1, 0.15) is 18.9 Å². The number of benzene rings is 1. The van der Waals surface area contributed by atoms with E-state index in [-0.39, 0.29) is 18.3 Å². The van der Waals surface area contributed by atoms with Crippen LogP contribution in [-0.2, 0) is 16.1 Å². The smallest absolute Gasteiger partial charge is 0.325 e. The maximum absolute atomic E-state index is 12.3. The van der Waals surface area contributed by atoms with Gasteiger partial charge in [0.2, 0.25) is 5.91 Å². The van der Waals surface area contributed by atoms with Gasteiger partial charge in [-0.15, -0.1) is 11.6 Å². The minimum atomic E-state index is -0.961. The van der Waals surface area contributed by atoms with E-state index in [4.69, 9.17) is 17.3 Å². The van der Waals surface area contributed by atoms with Gasteiger partial charge in [-0.25, -0.2) is 4.79 Å². The van der Waals surface area contributed by atoms with E-state index in [1.807, 2.05) is 37.3 Å². The van der Waals surface area contributed by atoms with Gasteiger partial charge >= 0.3 is 6.03 Å². The van der Waals surface area contributed by atoms with Crippen molar-refractivity contribution in [3.05, 3.63) is 35.9 Å². The summed E-state index contributed by atoms with van der Waals surface area (Å²) in [6, 6.07) is 7.77. The fourth-order valence-corrected chi connectivity index (χ4v) is 2.89. The van der Waals surface area contributed by atoms with Crippen molar-refractivity contribution in [2.75, 3.05) is 12.4 Å². The van der Waals surface area contributed by atoms with E-state index in [0.717, 1.165) is 5.56 Å². The number of imide groups is 1. The van der Waals surface area contributed by atoms with Crippen molar-refractivity contribution in [1.29, 1.82) is 0 Å². The Balaban J connectivity index is 2.26. The highest BCUT2D eigenvalue weighted by molar-refractivity contribution is 6.27. The summed E-state index contributed by atoms with van der Waals surface area (Å²) in [5.41, 5.74) is 7.06. The molecule has 8 heteroatoms. The molecule has 0 bridgehead atoms. The molecule has 1 aromatic carbocycles. The first-order valence-electron chi connectivity index (χ1n) is 7.76. The van der Waals surface area contributed by atoms with Crippen LogP contribution in [0.3, 0.4) is 0 Å². The van der Waals surface area contributed by atoms with Gasteiger partial charge in [-0.05, 0) is 12.0 Å². The Morgan fingerprint density at radius 2 is 2.00 bits per heavy atom. The Morgan fingerprint density at radius 1 is 1.33 bits per heavy atom. The summed E-state index contributed by atoms with van der Waals surface area (Å²) in [6.07, 6.45) is -0.295. The van der Waals surface area contributed by atoms with Gasteiger partial charge in [0, 0.05) is 13.1 Å². The molecule has 1 aromatic rings. The van der Waals surface area contributed by atoms with Gasteiger partial charge in [0.1, 0.15) is 18.1 Å². The molecule has 1 aliphatic heterocycles. The molecule has 1 heterocycles. The van der Waals surface area contributed by atoms with Crippen molar-refractivity contribution in [3.63, 3.8) is 0 Å². The average Bonchev–Trinajstić information content (AvgIpc) is 2.58. The van der Waals surface area contributed by atoms with Crippen molar-refractivity contribution in [3.8, 4) is 0 Å². The molecule has 130 valence electrons. The first kappa shape index (κ1) is 18.2. The molecule has 3 N–H and O–H groups in total. The van der Waals surface area contributed by atoms with Gasteiger partial charge in [-0.1, -0.05) is 37.3 Å². The van der Waals surface area contributed by atoms with Gasteiger partial charge in [-0.2, -0.15) is 0 Å². The second-order valence-corrected chi connectivity index (χ2v) is 5.83. The van der Waals surface area contributed by atoms with E-state index >= 15 is 0 Å². The second-order valence-electron chi connectivity index (χ2n) is 5.56. The maximum Gasteiger partial charge on any atom is 0.325 e. The second kappa shape index (κ2) is 8.12. The Hall–Kier alpha value is -2.12. The van der Waals surface area contributed by atoms with Gasteiger partial charge in [0.05, 0.1) is 0 Å². The molecule has 7 nitrogen and oxygen atoms in total. The molecular formula is C16H21ClN4O3. The molecule has 1 aliphatic rings. The number of urea groups is 1. The standard InChI is InChI=1S/C16H21ClN4O3/c1-2-8-20(12(22)9-17)13-14(18)21(16(24)19-15(13)23)10-11-6-4-3-5-7-11/h3-7,13-14H,2,8-10,18H2,1H3,(H,19,23,24). The number of hydrogen-bond acceptors (Lipinski definition) is 4. The van der Waals surface area contributed by atoms with Crippen LogP contribution >= 0.6 is 11.6 Å². The fraction of sp³-hybridized carbons (Fsp3) is 0.438. The summed E-state index contributed by atoms with van der Waals surface area (Å²) in [5, 5.41) is 2.28. The van der Waals surface area contributed by atoms with Gasteiger partial charge in [0.25, 0.3) is 5.91 Å². The van der Waals surface area contributed by atoms with Crippen LogP contribution in [0.15, 0.2) is 30.3 Å². The number of nitrogens with two attached hydrogens (primary N) is 1. The molecule has 0 radical (unpaired) electrons. The number of nitrogens with zero attached hydrogens (tertiary/aromatic N) is 2. The van der Waals surface area contributed by atoms with E-state index in [9.17, 15) is 14.4 Å². The third kappa shape index (κ3) is 3.85. The SMILES string of the molecule is CCCN(C(=O)CCl)C1C(=O)NC(=O)N(Cc2ccccc2)C1N. The number of halogens is 1. The molecule has 0 spiro atoms. The minimum absolute atomic E-state index is 0.243. The van der Waals surface area contributed by atoms with Crippen LogP contribution in [0.5, 0.6) is 0 Å². The van der Waals surface area contributed by atoms with Crippen LogP contribution in [0.2, 0.25) is 0 Å². The number of amides is 4. The summed E-state index contributed by atoms with van der Waals surface area (Å²) in [5.74, 6) is -1.21. The zero-order chi connectivity index (χ0) is 17.7. The fourth-order valence-electron chi connectivity index (χ4n) is 2.73. The van der Waals surface area contributed by atoms with Crippen LogP contribution in [0.25, 0.3) is 0 Å². The Kier molecular flexibility index (Phi) is 6.16. The van der Waals surface area contributed by atoms with Crippen molar-refractivity contribution in [1.82, 2.24) is 15.1 Å².